The molecule has 0 radical (unpaired) electrons. The van der Waals surface area contributed by atoms with E-state index < -0.39 is 11.6 Å². The summed E-state index contributed by atoms with van der Waals surface area (Å²) in [5.41, 5.74) is 2.91. The number of amides is 4. The van der Waals surface area contributed by atoms with Gasteiger partial charge in [0.1, 0.15) is 12.1 Å². The first-order valence-corrected chi connectivity index (χ1v) is 9.78. The second-order valence-corrected chi connectivity index (χ2v) is 7.63. The molecule has 1 fully saturated rings. The topological polar surface area (TPSA) is 69.7 Å². The molecule has 2 aromatic rings. The van der Waals surface area contributed by atoms with Crippen molar-refractivity contribution in [1.29, 1.82) is 0 Å². The maximum atomic E-state index is 13.1. The van der Waals surface area contributed by atoms with Crippen LogP contribution in [0.15, 0.2) is 48.5 Å². The molecular formula is C23H27N3O3. The fourth-order valence-corrected chi connectivity index (χ4v) is 3.75. The molecule has 0 saturated carbocycles. The van der Waals surface area contributed by atoms with Crippen molar-refractivity contribution in [3.63, 3.8) is 0 Å². The standard InChI is InChI=1S/C23H27N3O3/c1-5-23(19-9-7-6-8-10-19)21(28)26(22(29)24-23)15-20(27)25(4)14-18-12-11-16(2)13-17(18)3/h6-13H,5,14-15H2,1-4H3,(H,24,29)/t23-/m0/s1. The minimum Gasteiger partial charge on any atom is -0.340 e. The van der Waals surface area contributed by atoms with Gasteiger partial charge < -0.3 is 10.2 Å². The largest absolute Gasteiger partial charge is 0.340 e. The number of rotatable bonds is 6. The number of nitrogens with one attached hydrogen (secondary N) is 1. The normalized spacial score (nSPS) is 18.7. The Balaban J connectivity index is 1.74. The summed E-state index contributed by atoms with van der Waals surface area (Å²) in [4.78, 5) is 41.0. The molecule has 3 rings (SSSR count). The van der Waals surface area contributed by atoms with Crippen molar-refractivity contribution in [2.75, 3.05) is 13.6 Å². The molecule has 1 aliphatic heterocycles. The smallest absolute Gasteiger partial charge is 0.325 e. The van der Waals surface area contributed by atoms with Gasteiger partial charge in [0.25, 0.3) is 5.91 Å². The summed E-state index contributed by atoms with van der Waals surface area (Å²) in [6, 6.07) is 14.7. The fraction of sp³-hybridized carbons (Fsp3) is 0.348. The Morgan fingerprint density at radius 3 is 2.41 bits per heavy atom. The molecule has 1 atom stereocenters. The second-order valence-electron chi connectivity index (χ2n) is 7.63. The molecule has 1 aliphatic rings. The van der Waals surface area contributed by atoms with Gasteiger partial charge in [0.2, 0.25) is 5.91 Å². The molecule has 29 heavy (non-hydrogen) atoms. The molecule has 1 saturated heterocycles. The number of likely N-dealkylation sites (N-methyl/N-ethyl adjacent to an activating group) is 1. The van der Waals surface area contributed by atoms with Crippen molar-refractivity contribution in [3.05, 3.63) is 70.8 Å². The van der Waals surface area contributed by atoms with Crippen LogP contribution in [0.4, 0.5) is 4.79 Å². The van der Waals surface area contributed by atoms with Crippen LogP contribution in [0.1, 0.15) is 35.6 Å². The predicted molar refractivity (Wildman–Crippen MR) is 111 cm³/mol. The Morgan fingerprint density at radius 1 is 1.10 bits per heavy atom. The zero-order valence-electron chi connectivity index (χ0n) is 17.4. The van der Waals surface area contributed by atoms with Gasteiger partial charge in [0, 0.05) is 13.6 Å². The highest BCUT2D eigenvalue weighted by atomic mass is 16.2. The molecule has 0 aromatic heterocycles. The molecule has 6 heteroatoms. The summed E-state index contributed by atoms with van der Waals surface area (Å²) in [5.74, 6) is -0.669. The Labute approximate surface area is 171 Å². The first-order valence-electron chi connectivity index (χ1n) is 9.78. The number of benzene rings is 2. The molecular weight excluding hydrogens is 366 g/mol. The molecule has 152 valence electrons. The maximum absolute atomic E-state index is 13.1. The van der Waals surface area contributed by atoms with E-state index in [1.165, 1.54) is 0 Å². The lowest BCUT2D eigenvalue weighted by Crippen LogP contribution is -2.45. The van der Waals surface area contributed by atoms with Crippen LogP contribution in [-0.4, -0.2) is 41.2 Å². The van der Waals surface area contributed by atoms with Crippen molar-refractivity contribution in [2.24, 2.45) is 0 Å². The number of carbonyl (C=O) groups excluding carboxylic acids is 3. The number of hydrogen-bond donors (Lipinski definition) is 1. The van der Waals surface area contributed by atoms with E-state index in [-0.39, 0.29) is 18.4 Å². The Morgan fingerprint density at radius 2 is 1.79 bits per heavy atom. The minimum absolute atomic E-state index is 0.277. The van der Waals surface area contributed by atoms with E-state index in [0.717, 1.165) is 27.2 Å². The molecule has 2 aromatic carbocycles. The quantitative estimate of drug-likeness (QED) is 0.767. The highest BCUT2D eigenvalue weighted by Crippen LogP contribution is 2.32. The van der Waals surface area contributed by atoms with Crippen molar-refractivity contribution in [1.82, 2.24) is 15.1 Å². The van der Waals surface area contributed by atoms with Crippen LogP contribution in [-0.2, 0) is 21.7 Å². The summed E-state index contributed by atoms with van der Waals surface area (Å²) in [6.07, 6.45) is 0.407. The molecule has 6 nitrogen and oxygen atoms in total. The predicted octanol–water partition coefficient (Wildman–Crippen LogP) is 3.12. The van der Waals surface area contributed by atoms with E-state index in [4.69, 9.17) is 0 Å². The highest BCUT2D eigenvalue weighted by Gasteiger charge is 2.51. The van der Waals surface area contributed by atoms with Gasteiger partial charge >= 0.3 is 6.03 Å². The van der Waals surface area contributed by atoms with Gasteiger partial charge in [0.15, 0.2) is 0 Å². The van der Waals surface area contributed by atoms with Crippen molar-refractivity contribution < 1.29 is 14.4 Å². The van der Waals surface area contributed by atoms with Crippen LogP contribution in [0.5, 0.6) is 0 Å². The third-order valence-corrected chi connectivity index (χ3v) is 5.60. The highest BCUT2D eigenvalue weighted by molar-refractivity contribution is 6.09. The lowest BCUT2D eigenvalue weighted by Gasteiger charge is -2.26. The first-order chi connectivity index (χ1) is 13.8. The molecule has 0 unspecified atom stereocenters. The third-order valence-electron chi connectivity index (χ3n) is 5.60. The number of urea groups is 1. The first kappa shape index (κ1) is 20.6. The van der Waals surface area contributed by atoms with Crippen molar-refractivity contribution >= 4 is 17.8 Å². The zero-order chi connectivity index (χ0) is 21.2. The zero-order valence-corrected chi connectivity index (χ0v) is 17.4. The Kier molecular flexibility index (Phi) is 5.73. The van der Waals surface area contributed by atoms with Crippen molar-refractivity contribution in [3.8, 4) is 0 Å². The van der Waals surface area contributed by atoms with Gasteiger partial charge in [0.05, 0.1) is 0 Å². The number of nitrogens with zero attached hydrogens (tertiary/aromatic N) is 2. The van der Waals surface area contributed by atoms with Crippen LogP contribution >= 0.6 is 0 Å². The van der Waals surface area contributed by atoms with Gasteiger partial charge in [-0.25, -0.2) is 4.79 Å². The van der Waals surface area contributed by atoms with Crippen LogP contribution in [0.3, 0.4) is 0 Å². The number of hydrogen-bond acceptors (Lipinski definition) is 3. The van der Waals surface area contributed by atoms with E-state index in [0.29, 0.717) is 13.0 Å². The number of aryl methyl sites for hydroxylation is 2. The van der Waals surface area contributed by atoms with Crippen molar-refractivity contribution in [2.45, 2.75) is 39.3 Å². The molecule has 4 amide bonds. The van der Waals surface area contributed by atoms with Crippen LogP contribution in [0, 0.1) is 13.8 Å². The van der Waals surface area contributed by atoms with E-state index in [9.17, 15) is 14.4 Å². The molecule has 0 aliphatic carbocycles. The third kappa shape index (κ3) is 3.88. The molecule has 0 bridgehead atoms. The summed E-state index contributed by atoms with van der Waals surface area (Å²) in [6.45, 7) is 6.03. The van der Waals surface area contributed by atoms with E-state index in [1.54, 1.807) is 11.9 Å². The van der Waals surface area contributed by atoms with Gasteiger partial charge in [-0.2, -0.15) is 0 Å². The molecule has 0 spiro atoms. The molecule has 1 heterocycles. The Bertz CT molecular complexity index is 942. The van der Waals surface area contributed by atoms with E-state index >= 15 is 0 Å². The van der Waals surface area contributed by atoms with Gasteiger partial charge in [-0.1, -0.05) is 61.0 Å². The van der Waals surface area contributed by atoms with Gasteiger partial charge in [-0.15, -0.1) is 0 Å². The van der Waals surface area contributed by atoms with E-state index in [2.05, 4.69) is 11.4 Å². The van der Waals surface area contributed by atoms with Crippen LogP contribution < -0.4 is 5.32 Å². The van der Waals surface area contributed by atoms with Gasteiger partial charge in [-0.05, 0) is 37.0 Å². The van der Waals surface area contributed by atoms with Crippen LogP contribution in [0.25, 0.3) is 0 Å². The fourth-order valence-electron chi connectivity index (χ4n) is 3.75. The SMILES string of the molecule is CC[C@@]1(c2ccccc2)NC(=O)N(CC(=O)N(C)Cc2ccc(C)cc2C)C1=O. The summed E-state index contributed by atoms with van der Waals surface area (Å²) < 4.78 is 0. The lowest BCUT2D eigenvalue weighted by molar-refractivity contribution is -0.138. The average molecular weight is 393 g/mol. The van der Waals surface area contributed by atoms with Gasteiger partial charge in [-0.3, -0.25) is 14.5 Å². The summed E-state index contributed by atoms with van der Waals surface area (Å²) >= 11 is 0. The lowest BCUT2D eigenvalue weighted by atomic mass is 9.87. The monoisotopic (exact) mass is 393 g/mol. The maximum Gasteiger partial charge on any atom is 0.325 e. The Hall–Kier alpha value is -3.15. The summed E-state index contributed by atoms with van der Waals surface area (Å²) in [7, 11) is 1.68. The number of imide groups is 1. The summed E-state index contributed by atoms with van der Waals surface area (Å²) in [5, 5.41) is 2.81. The van der Waals surface area contributed by atoms with Crippen LogP contribution in [0.2, 0.25) is 0 Å². The average Bonchev–Trinajstić information content (AvgIpc) is 2.95. The minimum atomic E-state index is -1.12. The molecule has 1 N–H and O–H groups in total. The second kappa shape index (κ2) is 8.07. The van der Waals surface area contributed by atoms with E-state index in [1.807, 2.05) is 63.2 Å². The number of carbonyl (C=O) groups is 3.